The number of aliphatic hydroxyl groups is 4. The Labute approximate surface area is 234 Å². The van der Waals surface area contributed by atoms with Gasteiger partial charge in [-0.05, 0) is 45.4 Å². The quantitative estimate of drug-likeness (QED) is 0.117. The van der Waals surface area contributed by atoms with Gasteiger partial charge in [-0.3, -0.25) is 4.79 Å². The molecule has 14 heteroatoms. The lowest BCUT2D eigenvalue weighted by Crippen LogP contribution is -2.67. The highest BCUT2D eigenvalue weighted by Crippen LogP contribution is 2.41. The molecule has 2 saturated carbocycles. The second-order valence-electron chi connectivity index (χ2n) is 11.8. The molecule has 2 aliphatic carbocycles. The van der Waals surface area contributed by atoms with Crippen LogP contribution in [0.25, 0.3) is 0 Å². The summed E-state index contributed by atoms with van der Waals surface area (Å²) in [6, 6.07) is -2.66. The molecule has 14 nitrogen and oxygen atoms in total. The van der Waals surface area contributed by atoms with E-state index in [-0.39, 0.29) is 25.9 Å². The van der Waals surface area contributed by atoms with E-state index in [1.165, 1.54) is 6.92 Å². The highest BCUT2D eigenvalue weighted by molar-refractivity contribution is 5.91. The summed E-state index contributed by atoms with van der Waals surface area (Å²) in [5.41, 5.74) is 15.5. The molecule has 1 saturated heterocycles. The number of hydrogen-bond acceptors (Lipinski definition) is 14. The van der Waals surface area contributed by atoms with E-state index in [1.807, 2.05) is 13.0 Å². The van der Waals surface area contributed by atoms with Crippen LogP contribution in [0, 0.1) is 5.92 Å². The van der Waals surface area contributed by atoms with Crippen molar-refractivity contribution in [3.05, 3.63) is 11.8 Å². The van der Waals surface area contributed by atoms with Gasteiger partial charge >= 0.3 is 0 Å². The van der Waals surface area contributed by atoms with Gasteiger partial charge in [0.2, 0.25) is 6.29 Å². The molecule has 12 N–H and O–H groups in total. The van der Waals surface area contributed by atoms with Gasteiger partial charge in [0.05, 0.1) is 31.3 Å². The van der Waals surface area contributed by atoms with E-state index < -0.39 is 84.1 Å². The van der Waals surface area contributed by atoms with Crippen molar-refractivity contribution >= 4 is 5.78 Å². The van der Waals surface area contributed by atoms with Crippen molar-refractivity contribution in [3.63, 3.8) is 0 Å². The molecule has 0 aromatic rings. The molecule has 2 aliphatic heterocycles. The summed E-state index contributed by atoms with van der Waals surface area (Å²) in [5.74, 6) is -0.443. The largest absolute Gasteiger partial charge is 0.467 e. The minimum atomic E-state index is -1.61. The third-order valence-corrected chi connectivity index (χ3v) is 8.56. The smallest absolute Gasteiger partial charge is 0.215 e. The number of carbonyl (C=O) groups excluding carboxylic acids is 1. The highest BCUT2D eigenvalue weighted by atomic mass is 16.7. The average molecular weight is 574 g/mol. The van der Waals surface area contributed by atoms with E-state index in [0.717, 1.165) is 6.54 Å². The zero-order valence-electron chi connectivity index (χ0n) is 23.4. The lowest BCUT2D eigenvalue weighted by molar-refractivity contribution is -0.308. The Morgan fingerprint density at radius 1 is 1.12 bits per heavy atom. The van der Waals surface area contributed by atoms with Gasteiger partial charge < -0.3 is 67.2 Å². The average Bonchev–Trinajstić information content (AvgIpc) is 3.52. The zero-order chi connectivity index (χ0) is 29.4. The summed E-state index contributed by atoms with van der Waals surface area (Å²) >= 11 is 0. The Hall–Kier alpha value is -1.27. The number of aliphatic hydroxyl groups excluding tert-OH is 2. The first-order valence-electron chi connectivity index (χ1n) is 14.1. The Bertz CT molecular complexity index is 925. The van der Waals surface area contributed by atoms with Crippen molar-refractivity contribution in [1.29, 1.82) is 0 Å². The second-order valence-corrected chi connectivity index (χ2v) is 11.8. The van der Waals surface area contributed by atoms with Gasteiger partial charge in [-0.25, -0.2) is 0 Å². The van der Waals surface area contributed by atoms with Gasteiger partial charge in [-0.1, -0.05) is 6.92 Å². The second kappa shape index (κ2) is 12.5. The fraction of sp³-hybridized carbons (Fsp3) is 0.885. The van der Waals surface area contributed by atoms with Crippen LogP contribution in [0.1, 0.15) is 39.5 Å². The summed E-state index contributed by atoms with van der Waals surface area (Å²) in [5, 5.41) is 49.7. The number of carbonyl (C=O) groups is 1. The fourth-order valence-corrected chi connectivity index (χ4v) is 5.95. The van der Waals surface area contributed by atoms with Crippen molar-refractivity contribution in [2.45, 2.75) is 112 Å². The van der Waals surface area contributed by atoms with Crippen LogP contribution in [0.5, 0.6) is 0 Å². The molecule has 230 valence electrons. The maximum absolute atomic E-state index is 13.0. The summed E-state index contributed by atoms with van der Waals surface area (Å²) in [4.78, 5) is 13.0. The van der Waals surface area contributed by atoms with Crippen molar-refractivity contribution in [3.8, 4) is 0 Å². The molecule has 3 fully saturated rings. The van der Waals surface area contributed by atoms with Crippen LogP contribution in [0.4, 0.5) is 0 Å². The number of Topliss-reactive ketones (excluding diaryl/α,β-unsaturated/α-hetero) is 1. The molecule has 0 amide bonds. The lowest BCUT2D eigenvalue weighted by Gasteiger charge is -2.48. The molecule has 3 unspecified atom stereocenters. The highest BCUT2D eigenvalue weighted by Gasteiger charge is 2.58. The molecule has 0 radical (unpaired) electrons. The van der Waals surface area contributed by atoms with Crippen LogP contribution in [0.3, 0.4) is 0 Å². The normalized spacial score (nSPS) is 47.4. The predicted octanol–water partition coefficient (Wildman–Crippen LogP) is -3.49. The summed E-state index contributed by atoms with van der Waals surface area (Å²) in [7, 11) is 1.59. The Morgan fingerprint density at radius 2 is 1.80 bits per heavy atom. The minimum absolute atomic E-state index is 0.146. The number of ether oxygens (including phenoxy) is 4. The SMILES string of the molecule is CCNCC1=CC[C@@H](N)[C@@H](OC2[C@@H](N)C[C@@H](CC(=O)C3(O)CC3N)[C@H](O[C@H]3OC[C@](C)(O)[C@H](NC)[C@H]3O)[C@H]2O)O1. The van der Waals surface area contributed by atoms with E-state index in [2.05, 4.69) is 10.6 Å². The molecule has 4 aliphatic rings. The van der Waals surface area contributed by atoms with E-state index in [0.29, 0.717) is 18.7 Å². The van der Waals surface area contributed by atoms with Crippen molar-refractivity contribution in [2.75, 3.05) is 26.7 Å². The lowest BCUT2D eigenvalue weighted by atomic mass is 9.76. The fourth-order valence-electron chi connectivity index (χ4n) is 5.95. The predicted molar refractivity (Wildman–Crippen MR) is 142 cm³/mol. The van der Waals surface area contributed by atoms with Crippen molar-refractivity contribution in [1.82, 2.24) is 10.6 Å². The molecular formula is C26H47N5O9. The van der Waals surface area contributed by atoms with Gasteiger partial charge in [0, 0.05) is 24.9 Å². The van der Waals surface area contributed by atoms with E-state index in [9.17, 15) is 25.2 Å². The monoisotopic (exact) mass is 573 g/mol. The third-order valence-electron chi connectivity index (χ3n) is 8.56. The Balaban J connectivity index is 1.52. The maximum Gasteiger partial charge on any atom is 0.215 e. The molecule has 0 aromatic heterocycles. The van der Waals surface area contributed by atoms with Gasteiger partial charge in [0.15, 0.2) is 12.1 Å². The molecular weight excluding hydrogens is 526 g/mol. The molecule has 0 bridgehead atoms. The Kier molecular flexibility index (Phi) is 9.92. The van der Waals surface area contributed by atoms with Crippen LogP contribution in [0.2, 0.25) is 0 Å². The maximum atomic E-state index is 13.0. The zero-order valence-corrected chi connectivity index (χ0v) is 23.4. The number of nitrogens with one attached hydrogen (secondary N) is 2. The summed E-state index contributed by atoms with van der Waals surface area (Å²) in [6.45, 7) is 4.61. The van der Waals surface area contributed by atoms with Crippen LogP contribution in [-0.2, 0) is 23.7 Å². The van der Waals surface area contributed by atoms with Crippen LogP contribution >= 0.6 is 0 Å². The van der Waals surface area contributed by atoms with Gasteiger partial charge in [0.25, 0.3) is 0 Å². The first kappa shape index (κ1) is 31.7. The first-order valence-corrected chi connectivity index (χ1v) is 14.1. The number of ketones is 1. The number of nitrogens with two attached hydrogens (primary N) is 3. The van der Waals surface area contributed by atoms with E-state index in [4.69, 9.17) is 36.1 Å². The molecule has 13 atom stereocenters. The van der Waals surface area contributed by atoms with Crippen molar-refractivity contribution in [2.24, 2.45) is 23.1 Å². The van der Waals surface area contributed by atoms with Crippen LogP contribution in [-0.4, -0.2) is 125 Å². The molecule has 2 heterocycles. The standard InChI is InChI=1S/C26H47N5O9/c1-4-31-10-13-5-6-14(27)23(38-13)40-21-15(28)7-12(8-17(32)26(36)9-16(26)29)20(18(21)33)39-24-19(34)22(30-3)25(2,35)11-37-24/h5,12,14-16,18-24,30-31,33-36H,4,6-11,27-29H2,1-3H3/t12-,14+,15-,16?,18+,19+,20-,21?,22+,23+,24+,25-,26?/m0/s1. The third kappa shape index (κ3) is 6.53. The molecule has 40 heavy (non-hydrogen) atoms. The number of hydrogen-bond donors (Lipinski definition) is 9. The van der Waals surface area contributed by atoms with Gasteiger partial charge in [-0.15, -0.1) is 0 Å². The van der Waals surface area contributed by atoms with Gasteiger partial charge in [-0.2, -0.15) is 0 Å². The van der Waals surface area contributed by atoms with E-state index in [1.54, 1.807) is 7.05 Å². The summed E-state index contributed by atoms with van der Waals surface area (Å²) in [6.07, 6.45) is -4.26. The minimum Gasteiger partial charge on any atom is -0.467 e. The summed E-state index contributed by atoms with van der Waals surface area (Å²) < 4.78 is 23.9. The van der Waals surface area contributed by atoms with Crippen LogP contribution < -0.4 is 27.8 Å². The first-order chi connectivity index (χ1) is 18.8. The number of likely N-dealkylation sites (N-methyl/N-ethyl adjacent to an activating group) is 2. The molecule has 4 rings (SSSR count). The number of rotatable bonds is 11. The van der Waals surface area contributed by atoms with Crippen molar-refractivity contribution < 1.29 is 44.2 Å². The molecule has 0 spiro atoms. The van der Waals surface area contributed by atoms with E-state index >= 15 is 0 Å². The van der Waals surface area contributed by atoms with Gasteiger partial charge in [0.1, 0.15) is 35.3 Å². The molecule has 0 aromatic carbocycles. The van der Waals surface area contributed by atoms with Crippen LogP contribution in [0.15, 0.2) is 11.8 Å². The topological polar surface area (TPSA) is 237 Å². The Morgan fingerprint density at radius 3 is 2.42 bits per heavy atom.